The van der Waals surface area contributed by atoms with E-state index in [-0.39, 0.29) is 24.4 Å². The van der Waals surface area contributed by atoms with Gasteiger partial charge >= 0.3 is 0 Å². The quantitative estimate of drug-likeness (QED) is 0.810. The fraction of sp³-hybridized carbons (Fsp3) is 0.400. The second-order valence-corrected chi connectivity index (χ2v) is 5.32. The zero-order valence-corrected chi connectivity index (χ0v) is 13.2. The number of aromatic nitrogens is 3. The lowest BCUT2D eigenvalue weighted by atomic mass is 10.0. The van der Waals surface area contributed by atoms with Crippen molar-refractivity contribution in [2.24, 2.45) is 0 Å². The van der Waals surface area contributed by atoms with Crippen LogP contribution in [-0.2, 0) is 4.79 Å². The molecule has 3 rings (SSSR count). The maximum atomic E-state index is 12.2. The number of piperidine rings is 1. The van der Waals surface area contributed by atoms with E-state index < -0.39 is 0 Å². The third kappa shape index (κ3) is 3.84. The molecule has 1 aromatic heterocycles. The zero-order chi connectivity index (χ0) is 14.7. The van der Waals surface area contributed by atoms with Crippen LogP contribution in [0.15, 0.2) is 24.3 Å². The van der Waals surface area contributed by atoms with Gasteiger partial charge in [0.15, 0.2) is 5.82 Å². The Morgan fingerprint density at radius 1 is 1.36 bits per heavy atom. The molecular weight excluding hydrogens is 302 g/mol. The topological polar surface area (TPSA) is 82.7 Å². The van der Waals surface area contributed by atoms with Crippen molar-refractivity contribution in [2.75, 3.05) is 11.9 Å². The number of nitrogens with zero attached hydrogens (tertiary/aromatic N) is 2. The summed E-state index contributed by atoms with van der Waals surface area (Å²) < 4.78 is 0. The van der Waals surface area contributed by atoms with Crippen LogP contribution in [0.1, 0.15) is 25.1 Å². The number of anilines is 1. The van der Waals surface area contributed by atoms with E-state index >= 15 is 0 Å². The second-order valence-electron chi connectivity index (χ2n) is 5.32. The lowest BCUT2D eigenvalue weighted by Gasteiger charge is -2.22. The first-order valence-corrected chi connectivity index (χ1v) is 7.26. The Morgan fingerprint density at radius 3 is 2.91 bits per heavy atom. The molecule has 0 spiro atoms. The lowest BCUT2D eigenvalue weighted by molar-refractivity contribution is -0.118. The van der Waals surface area contributed by atoms with Crippen LogP contribution in [0.2, 0.25) is 0 Å². The Bertz CT molecular complexity index is 636. The van der Waals surface area contributed by atoms with E-state index in [1.807, 2.05) is 31.2 Å². The van der Waals surface area contributed by atoms with E-state index in [4.69, 9.17) is 0 Å². The number of nitrogens with one attached hydrogen (secondary N) is 3. The van der Waals surface area contributed by atoms with Crippen molar-refractivity contribution < 1.29 is 4.79 Å². The summed E-state index contributed by atoms with van der Waals surface area (Å²) in [5.41, 5.74) is 1.65. The minimum absolute atomic E-state index is 0. The van der Waals surface area contributed by atoms with Gasteiger partial charge in [0.25, 0.3) is 0 Å². The van der Waals surface area contributed by atoms with Crippen molar-refractivity contribution in [1.29, 1.82) is 0 Å². The van der Waals surface area contributed by atoms with Gasteiger partial charge in [-0.05, 0) is 38.4 Å². The van der Waals surface area contributed by atoms with Gasteiger partial charge in [0.1, 0.15) is 5.82 Å². The molecule has 22 heavy (non-hydrogen) atoms. The highest BCUT2D eigenvalue weighted by Gasteiger charge is 2.20. The van der Waals surface area contributed by atoms with E-state index in [0.717, 1.165) is 42.9 Å². The van der Waals surface area contributed by atoms with Gasteiger partial charge in [-0.3, -0.25) is 9.89 Å². The minimum atomic E-state index is -0.0897. The molecule has 1 saturated heterocycles. The maximum Gasteiger partial charge on any atom is 0.241 e. The molecule has 7 heteroatoms. The van der Waals surface area contributed by atoms with Crippen LogP contribution in [0.3, 0.4) is 0 Å². The van der Waals surface area contributed by atoms with Crippen LogP contribution in [0.25, 0.3) is 11.4 Å². The fourth-order valence-corrected chi connectivity index (χ4v) is 2.51. The number of aromatic amines is 1. The van der Waals surface area contributed by atoms with E-state index in [1.54, 1.807) is 0 Å². The molecule has 1 unspecified atom stereocenters. The predicted octanol–water partition coefficient (Wildman–Crippen LogP) is 2.28. The summed E-state index contributed by atoms with van der Waals surface area (Å²) >= 11 is 0. The molecule has 3 N–H and O–H groups in total. The SMILES string of the molecule is Cc1nc(-c2cccc(NC(=O)C3CCCCN3)c2)n[nH]1.Cl. The first-order chi connectivity index (χ1) is 10.2. The first kappa shape index (κ1) is 16.5. The summed E-state index contributed by atoms with van der Waals surface area (Å²) in [5.74, 6) is 1.43. The Morgan fingerprint density at radius 2 is 2.23 bits per heavy atom. The van der Waals surface area contributed by atoms with Crippen molar-refractivity contribution in [3.05, 3.63) is 30.1 Å². The molecule has 0 radical (unpaired) electrons. The van der Waals surface area contributed by atoms with Crippen LogP contribution in [0.4, 0.5) is 5.69 Å². The normalized spacial score (nSPS) is 17.6. The molecule has 0 aliphatic carbocycles. The Balaban J connectivity index is 0.00000176. The number of carbonyl (C=O) groups is 1. The number of hydrogen-bond acceptors (Lipinski definition) is 4. The summed E-state index contributed by atoms with van der Waals surface area (Å²) in [6.45, 7) is 2.77. The van der Waals surface area contributed by atoms with Crippen LogP contribution in [0.5, 0.6) is 0 Å². The molecule has 1 aliphatic heterocycles. The average molecular weight is 322 g/mol. The van der Waals surface area contributed by atoms with E-state index in [0.29, 0.717) is 5.82 Å². The third-order valence-electron chi connectivity index (χ3n) is 3.61. The highest BCUT2D eigenvalue weighted by molar-refractivity contribution is 5.95. The molecule has 0 bridgehead atoms. The van der Waals surface area contributed by atoms with Crippen LogP contribution in [0, 0.1) is 6.92 Å². The molecular formula is C15H20ClN5O. The molecule has 2 aromatic rings. The smallest absolute Gasteiger partial charge is 0.241 e. The van der Waals surface area contributed by atoms with Crippen molar-refractivity contribution in [3.8, 4) is 11.4 Å². The monoisotopic (exact) mass is 321 g/mol. The summed E-state index contributed by atoms with van der Waals surface area (Å²) in [6, 6.07) is 7.50. The molecule has 118 valence electrons. The molecule has 1 aliphatic rings. The number of rotatable bonds is 3. The summed E-state index contributed by atoms with van der Waals surface area (Å²) in [5, 5.41) is 13.2. The number of hydrogen-bond donors (Lipinski definition) is 3. The molecule has 1 amide bonds. The highest BCUT2D eigenvalue weighted by atomic mass is 35.5. The standard InChI is InChI=1S/C15H19N5O.ClH/c1-10-17-14(20-19-10)11-5-4-6-12(9-11)18-15(21)13-7-2-3-8-16-13;/h4-6,9,13,16H,2-3,7-8H2,1H3,(H,18,21)(H,17,19,20);1H. The number of aryl methyl sites for hydroxylation is 1. The maximum absolute atomic E-state index is 12.2. The molecule has 6 nitrogen and oxygen atoms in total. The Hall–Kier alpha value is -1.92. The Kier molecular flexibility index (Phi) is 5.51. The van der Waals surface area contributed by atoms with Gasteiger partial charge in [-0.15, -0.1) is 12.4 Å². The largest absolute Gasteiger partial charge is 0.325 e. The van der Waals surface area contributed by atoms with Gasteiger partial charge in [0, 0.05) is 11.3 Å². The number of halogens is 1. The number of amides is 1. The summed E-state index contributed by atoms with van der Waals surface area (Å²) in [6.07, 6.45) is 3.14. The van der Waals surface area contributed by atoms with Crippen LogP contribution < -0.4 is 10.6 Å². The average Bonchev–Trinajstić information content (AvgIpc) is 2.95. The zero-order valence-electron chi connectivity index (χ0n) is 12.4. The molecule has 2 heterocycles. The van der Waals surface area contributed by atoms with E-state index in [9.17, 15) is 4.79 Å². The third-order valence-corrected chi connectivity index (χ3v) is 3.61. The Labute approximate surface area is 135 Å². The summed E-state index contributed by atoms with van der Waals surface area (Å²) in [7, 11) is 0. The summed E-state index contributed by atoms with van der Waals surface area (Å²) in [4.78, 5) is 16.5. The van der Waals surface area contributed by atoms with Crippen LogP contribution in [-0.4, -0.2) is 33.7 Å². The number of H-pyrrole nitrogens is 1. The molecule has 1 aromatic carbocycles. The van der Waals surface area contributed by atoms with Crippen molar-refractivity contribution in [2.45, 2.75) is 32.2 Å². The van der Waals surface area contributed by atoms with Gasteiger partial charge < -0.3 is 10.6 Å². The number of benzene rings is 1. The van der Waals surface area contributed by atoms with Crippen molar-refractivity contribution in [3.63, 3.8) is 0 Å². The van der Waals surface area contributed by atoms with Crippen molar-refractivity contribution >= 4 is 24.0 Å². The van der Waals surface area contributed by atoms with Gasteiger partial charge in [-0.25, -0.2) is 4.98 Å². The van der Waals surface area contributed by atoms with Gasteiger partial charge in [-0.1, -0.05) is 18.6 Å². The predicted molar refractivity (Wildman–Crippen MR) is 88.1 cm³/mol. The van der Waals surface area contributed by atoms with Gasteiger partial charge in [0.05, 0.1) is 6.04 Å². The van der Waals surface area contributed by atoms with Gasteiger partial charge in [0.2, 0.25) is 5.91 Å². The van der Waals surface area contributed by atoms with E-state index in [2.05, 4.69) is 25.8 Å². The first-order valence-electron chi connectivity index (χ1n) is 7.26. The highest BCUT2D eigenvalue weighted by Crippen LogP contribution is 2.20. The lowest BCUT2D eigenvalue weighted by Crippen LogP contribution is -2.43. The molecule has 0 saturated carbocycles. The van der Waals surface area contributed by atoms with Crippen LogP contribution >= 0.6 is 12.4 Å². The number of carbonyl (C=O) groups excluding carboxylic acids is 1. The van der Waals surface area contributed by atoms with E-state index in [1.165, 1.54) is 0 Å². The molecule has 1 fully saturated rings. The van der Waals surface area contributed by atoms with Gasteiger partial charge in [-0.2, -0.15) is 5.10 Å². The van der Waals surface area contributed by atoms with Crippen molar-refractivity contribution in [1.82, 2.24) is 20.5 Å². The fourth-order valence-electron chi connectivity index (χ4n) is 2.51. The second kappa shape index (κ2) is 7.38. The minimum Gasteiger partial charge on any atom is -0.325 e. The molecule has 1 atom stereocenters.